The van der Waals surface area contributed by atoms with Gasteiger partial charge in [0, 0.05) is 29.6 Å². The number of hydrogen-bond acceptors (Lipinski definition) is 3. The molecule has 2 aromatic rings. The van der Waals surface area contributed by atoms with Gasteiger partial charge in [0.1, 0.15) is 5.15 Å². The van der Waals surface area contributed by atoms with Crippen molar-refractivity contribution in [2.75, 3.05) is 10.6 Å². The van der Waals surface area contributed by atoms with Gasteiger partial charge in [-0.3, -0.25) is 10.4 Å². The highest BCUT2D eigenvalue weighted by Crippen LogP contribution is 2.32. The van der Waals surface area contributed by atoms with Crippen molar-refractivity contribution in [3.63, 3.8) is 0 Å². The van der Waals surface area contributed by atoms with Crippen LogP contribution in [0.1, 0.15) is 49.3 Å². The summed E-state index contributed by atoms with van der Waals surface area (Å²) < 4.78 is 0. The van der Waals surface area contributed by atoms with E-state index < -0.39 is 0 Å². The van der Waals surface area contributed by atoms with Crippen LogP contribution in [0.5, 0.6) is 0 Å². The number of nitrogens with one attached hydrogen (secondary N) is 3. The Hall–Kier alpha value is -2.08. The first-order valence-corrected chi connectivity index (χ1v) is 8.25. The van der Waals surface area contributed by atoms with Crippen molar-refractivity contribution >= 4 is 29.1 Å². The summed E-state index contributed by atoms with van der Waals surface area (Å²) in [7, 11) is 0. The van der Waals surface area contributed by atoms with E-state index in [4.69, 9.17) is 11.6 Å². The Balaban J connectivity index is 1.61. The van der Waals surface area contributed by atoms with Gasteiger partial charge in [0.25, 0.3) is 0 Å². The number of aromatic nitrogens is 3. The average molecular weight is 334 g/mol. The second-order valence-electron chi connectivity index (χ2n) is 5.94. The van der Waals surface area contributed by atoms with Gasteiger partial charge in [0.2, 0.25) is 0 Å². The van der Waals surface area contributed by atoms with Crippen molar-refractivity contribution in [1.82, 2.24) is 15.2 Å². The van der Waals surface area contributed by atoms with Crippen LogP contribution in [0.15, 0.2) is 18.3 Å². The van der Waals surface area contributed by atoms with Crippen molar-refractivity contribution < 1.29 is 4.79 Å². The molecule has 1 saturated carbocycles. The molecule has 0 unspecified atom stereocenters. The molecule has 7 heteroatoms. The minimum absolute atomic E-state index is 0.338. The number of H-pyrrole nitrogens is 1. The molecule has 0 spiro atoms. The molecule has 2 heterocycles. The summed E-state index contributed by atoms with van der Waals surface area (Å²) in [6.07, 6.45) is 7.81. The molecule has 3 N–H and O–H groups in total. The number of urea groups is 1. The van der Waals surface area contributed by atoms with Gasteiger partial charge in [-0.1, -0.05) is 30.9 Å². The Morgan fingerprint density at radius 2 is 2.04 bits per heavy atom. The van der Waals surface area contributed by atoms with Gasteiger partial charge in [-0.2, -0.15) is 5.10 Å². The van der Waals surface area contributed by atoms with Gasteiger partial charge in [0.05, 0.1) is 0 Å². The summed E-state index contributed by atoms with van der Waals surface area (Å²) in [6, 6.07) is 3.19. The molecular weight excluding hydrogens is 314 g/mol. The zero-order valence-electron chi connectivity index (χ0n) is 13.0. The van der Waals surface area contributed by atoms with E-state index in [0.29, 0.717) is 22.6 Å². The van der Waals surface area contributed by atoms with E-state index in [2.05, 4.69) is 25.8 Å². The number of hydrogen-bond donors (Lipinski definition) is 3. The van der Waals surface area contributed by atoms with E-state index in [0.717, 1.165) is 11.3 Å². The lowest BCUT2D eigenvalue weighted by atomic mass is 9.87. The number of anilines is 2. The highest BCUT2D eigenvalue weighted by atomic mass is 35.5. The second-order valence-corrected chi connectivity index (χ2v) is 6.33. The number of nitrogens with zero attached hydrogens (tertiary/aromatic N) is 2. The van der Waals surface area contributed by atoms with Crippen LogP contribution in [0.3, 0.4) is 0 Å². The molecule has 1 fully saturated rings. The fourth-order valence-corrected chi connectivity index (χ4v) is 3.08. The maximum Gasteiger partial charge on any atom is 0.324 e. The van der Waals surface area contributed by atoms with Crippen molar-refractivity contribution in [3.05, 3.63) is 34.7 Å². The minimum Gasteiger partial charge on any atom is -0.307 e. The SMILES string of the molecule is Cc1cnc(Cl)cc1NC(=O)Nc1cc(C2CCCCC2)[nH]n1. The topological polar surface area (TPSA) is 82.7 Å². The lowest BCUT2D eigenvalue weighted by molar-refractivity contribution is 0.262. The quantitative estimate of drug-likeness (QED) is 0.725. The Kier molecular flexibility index (Phi) is 4.81. The molecule has 23 heavy (non-hydrogen) atoms. The normalized spacial score (nSPS) is 15.4. The van der Waals surface area contributed by atoms with Gasteiger partial charge >= 0.3 is 6.03 Å². The number of amides is 2. The molecule has 122 valence electrons. The molecule has 1 aliphatic carbocycles. The summed E-state index contributed by atoms with van der Waals surface area (Å²) in [5, 5.41) is 13.1. The monoisotopic (exact) mass is 333 g/mol. The highest BCUT2D eigenvalue weighted by Gasteiger charge is 2.18. The number of rotatable bonds is 3. The summed E-state index contributed by atoms with van der Waals surface area (Å²) in [6.45, 7) is 1.86. The first-order valence-electron chi connectivity index (χ1n) is 7.87. The molecular formula is C16H20ClN5O. The minimum atomic E-state index is -0.350. The van der Waals surface area contributed by atoms with Gasteiger partial charge in [0.15, 0.2) is 5.82 Å². The van der Waals surface area contributed by atoms with Crippen LogP contribution in [-0.4, -0.2) is 21.2 Å². The summed E-state index contributed by atoms with van der Waals surface area (Å²) in [4.78, 5) is 16.1. The van der Waals surface area contributed by atoms with E-state index >= 15 is 0 Å². The lowest BCUT2D eigenvalue weighted by Crippen LogP contribution is -2.20. The maximum absolute atomic E-state index is 12.1. The van der Waals surface area contributed by atoms with Gasteiger partial charge in [-0.25, -0.2) is 9.78 Å². The molecule has 3 rings (SSSR count). The van der Waals surface area contributed by atoms with Crippen LogP contribution >= 0.6 is 11.6 Å². The zero-order chi connectivity index (χ0) is 16.2. The largest absolute Gasteiger partial charge is 0.324 e. The van der Waals surface area contributed by atoms with Gasteiger partial charge in [-0.05, 0) is 31.4 Å². The average Bonchev–Trinajstić information content (AvgIpc) is 3.00. The van der Waals surface area contributed by atoms with Crippen molar-refractivity contribution in [3.8, 4) is 0 Å². The molecule has 2 amide bonds. The molecule has 0 atom stereocenters. The summed E-state index contributed by atoms with van der Waals surface area (Å²) in [5.74, 6) is 1.05. The number of halogens is 1. The third kappa shape index (κ3) is 4.01. The molecule has 1 aliphatic rings. The van der Waals surface area contributed by atoms with Crippen LogP contribution < -0.4 is 10.6 Å². The van der Waals surface area contributed by atoms with Crippen molar-refractivity contribution in [2.24, 2.45) is 0 Å². The Labute approximate surface area is 140 Å². The first kappa shape index (κ1) is 15.8. The lowest BCUT2D eigenvalue weighted by Gasteiger charge is -2.19. The number of aromatic amines is 1. The maximum atomic E-state index is 12.1. The Morgan fingerprint density at radius 1 is 1.26 bits per heavy atom. The van der Waals surface area contributed by atoms with Crippen LogP contribution in [0.4, 0.5) is 16.3 Å². The third-order valence-electron chi connectivity index (χ3n) is 4.20. The van der Waals surface area contributed by atoms with Gasteiger partial charge < -0.3 is 5.32 Å². The molecule has 6 nitrogen and oxygen atoms in total. The van der Waals surface area contributed by atoms with E-state index in [1.54, 1.807) is 12.3 Å². The van der Waals surface area contributed by atoms with Crippen molar-refractivity contribution in [2.45, 2.75) is 44.9 Å². The second kappa shape index (κ2) is 7.00. The zero-order valence-corrected chi connectivity index (χ0v) is 13.8. The smallest absolute Gasteiger partial charge is 0.307 e. The van der Waals surface area contributed by atoms with E-state index in [-0.39, 0.29) is 6.03 Å². The predicted octanol–water partition coefficient (Wildman–Crippen LogP) is 4.46. The van der Waals surface area contributed by atoms with Crippen LogP contribution in [0, 0.1) is 6.92 Å². The number of aryl methyl sites for hydroxylation is 1. The Morgan fingerprint density at radius 3 is 2.83 bits per heavy atom. The molecule has 2 aromatic heterocycles. The standard InChI is InChI=1S/C16H20ClN5O/c1-10-9-18-14(17)7-12(10)19-16(23)20-15-8-13(21-22-15)11-5-3-2-4-6-11/h7-9,11H,2-6H2,1H3,(H3,18,19,20,21,22,23). The molecule has 0 bridgehead atoms. The third-order valence-corrected chi connectivity index (χ3v) is 4.41. The number of pyridine rings is 1. The first-order chi connectivity index (χ1) is 11.1. The Bertz CT molecular complexity index is 694. The molecule has 0 saturated heterocycles. The van der Waals surface area contributed by atoms with E-state index in [9.17, 15) is 4.79 Å². The van der Waals surface area contributed by atoms with E-state index in [1.165, 1.54) is 32.1 Å². The predicted molar refractivity (Wildman–Crippen MR) is 91.0 cm³/mol. The summed E-state index contributed by atoms with van der Waals surface area (Å²) in [5.41, 5.74) is 2.57. The number of carbonyl (C=O) groups excluding carboxylic acids is 1. The highest BCUT2D eigenvalue weighted by molar-refractivity contribution is 6.29. The van der Waals surface area contributed by atoms with E-state index in [1.807, 2.05) is 13.0 Å². The van der Waals surface area contributed by atoms with Gasteiger partial charge in [-0.15, -0.1) is 0 Å². The van der Waals surface area contributed by atoms with Crippen LogP contribution in [-0.2, 0) is 0 Å². The van der Waals surface area contributed by atoms with Crippen LogP contribution in [0.2, 0.25) is 5.15 Å². The fraction of sp³-hybridized carbons (Fsp3) is 0.438. The van der Waals surface area contributed by atoms with Crippen molar-refractivity contribution in [1.29, 1.82) is 0 Å². The molecule has 0 aromatic carbocycles. The fourth-order valence-electron chi connectivity index (χ4n) is 2.93. The number of carbonyl (C=O) groups is 1. The molecule has 0 radical (unpaired) electrons. The molecule has 0 aliphatic heterocycles. The van der Waals surface area contributed by atoms with Crippen LogP contribution in [0.25, 0.3) is 0 Å². The summed E-state index contributed by atoms with van der Waals surface area (Å²) >= 11 is 5.85.